The summed E-state index contributed by atoms with van der Waals surface area (Å²) < 4.78 is 55.5. The van der Waals surface area contributed by atoms with Crippen molar-refractivity contribution in [1.82, 2.24) is 0 Å². The molecule has 0 spiro atoms. The minimum absolute atomic E-state index is 0.0993. The van der Waals surface area contributed by atoms with Gasteiger partial charge in [0.1, 0.15) is 11.8 Å². The van der Waals surface area contributed by atoms with E-state index in [1.54, 1.807) is 0 Å². The molecule has 0 saturated heterocycles. The van der Waals surface area contributed by atoms with Crippen LogP contribution in [0.3, 0.4) is 0 Å². The molecule has 0 amide bonds. The van der Waals surface area contributed by atoms with Crippen molar-refractivity contribution in [3.05, 3.63) is 41.7 Å². The van der Waals surface area contributed by atoms with Crippen molar-refractivity contribution in [3.63, 3.8) is 0 Å². The molecule has 0 unspecified atom stereocenters. The van der Waals surface area contributed by atoms with Gasteiger partial charge in [-0.15, -0.1) is 0 Å². The molecule has 0 N–H and O–H groups in total. The topological polar surface area (TPSA) is 50.1 Å². The molecule has 0 atom stereocenters. The Morgan fingerprint density at radius 3 is 2.35 bits per heavy atom. The summed E-state index contributed by atoms with van der Waals surface area (Å²) in [6, 6.07) is 5.48. The summed E-state index contributed by atoms with van der Waals surface area (Å²) in [7, 11) is 0. The predicted octanol–water partition coefficient (Wildman–Crippen LogP) is 5.57. The van der Waals surface area contributed by atoms with Crippen LogP contribution in [0.4, 0.5) is 17.6 Å². The molecule has 2 rings (SSSR count). The zero-order chi connectivity index (χ0) is 19.2. The maximum Gasteiger partial charge on any atom is 0.416 e. The SMILES string of the molecule is N#CC(F)=CCCC1CCC(C(=O)Oc2ccc(C(F)(F)F)cc2)CC1. The molecule has 0 aliphatic heterocycles. The smallest absolute Gasteiger partial charge is 0.416 e. The Labute approximate surface area is 149 Å². The van der Waals surface area contributed by atoms with Crippen LogP contribution >= 0.6 is 0 Å². The zero-order valence-corrected chi connectivity index (χ0v) is 14.1. The fourth-order valence-corrected chi connectivity index (χ4v) is 3.09. The van der Waals surface area contributed by atoms with Crippen molar-refractivity contribution in [1.29, 1.82) is 5.26 Å². The fraction of sp³-hybridized carbons (Fsp3) is 0.474. The Morgan fingerprint density at radius 1 is 1.19 bits per heavy atom. The van der Waals surface area contributed by atoms with Gasteiger partial charge in [-0.2, -0.15) is 22.8 Å². The van der Waals surface area contributed by atoms with Gasteiger partial charge in [0.15, 0.2) is 5.83 Å². The van der Waals surface area contributed by atoms with E-state index >= 15 is 0 Å². The molecule has 1 fully saturated rings. The Morgan fingerprint density at radius 2 is 1.81 bits per heavy atom. The summed E-state index contributed by atoms with van der Waals surface area (Å²) in [5, 5.41) is 8.34. The van der Waals surface area contributed by atoms with Crippen molar-refractivity contribution >= 4 is 5.97 Å². The molecule has 1 aliphatic rings. The number of halogens is 4. The summed E-state index contributed by atoms with van der Waals surface area (Å²) in [5.41, 5.74) is -0.792. The van der Waals surface area contributed by atoms with Gasteiger partial charge in [-0.25, -0.2) is 0 Å². The molecule has 26 heavy (non-hydrogen) atoms. The lowest BCUT2D eigenvalue weighted by Gasteiger charge is -2.26. The first kappa shape index (κ1) is 20.0. The second-order valence-corrected chi connectivity index (χ2v) is 6.40. The van der Waals surface area contributed by atoms with Crippen LogP contribution in [-0.4, -0.2) is 5.97 Å². The number of hydrogen-bond donors (Lipinski definition) is 0. The quantitative estimate of drug-likeness (QED) is 0.295. The van der Waals surface area contributed by atoms with Crippen molar-refractivity contribution < 1.29 is 27.1 Å². The molecule has 7 heteroatoms. The molecule has 0 bridgehead atoms. The number of carbonyl (C=O) groups is 1. The largest absolute Gasteiger partial charge is 0.426 e. The molecule has 1 aliphatic carbocycles. The highest BCUT2D eigenvalue weighted by molar-refractivity contribution is 5.75. The summed E-state index contributed by atoms with van der Waals surface area (Å²) in [5.74, 6) is -1.02. The average Bonchev–Trinajstić information content (AvgIpc) is 2.61. The van der Waals surface area contributed by atoms with Gasteiger partial charge in [0.25, 0.3) is 0 Å². The van der Waals surface area contributed by atoms with Gasteiger partial charge < -0.3 is 4.74 Å². The number of hydrogen-bond acceptors (Lipinski definition) is 3. The van der Waals surface area contributed by atoms with Crippen molar-refractivity contribution in [3.8, 4) is 11.8 Å². The molecule has 1 saturated carbocycles. The highest BCUT2D eigenvalue weighted by Gasteiger charge is 2.31. The monoisotopic (exact) mass is 369 g/mol. The molecule has 1 aromatic carbocycles. The molecule has 1 aromatic rings. The number of allylic oxidation sites excluding steroid dienone is 2. The third-order valence-corrected chi connectivity index (χ3v) is 4.59. The van der Waals surface area contributed by atoms with Crippen LogP contribution < -0.4 is 4.74 Å². The number of nitrogens with zero attached hydrogens (tertiary/aromatic N) is 1. The number of nitriles is 1. The summed E-state index contributed by atoms with van der Waals surface area (Å²) in [4.78, 5) is 12.2. The molecule has 0 aromatic heterocycles. The number of alkyl halides is 3. The van der Waals surface area contributed by atoms with Crippen molar-refractivity contribution in [2.45, 2.75) is 44.7 Å². The van der Waals surface area contributed by atoms with E-state index in [0.717, 1.165) is 43.5 Å². The highest BCUT2D eigenvalue weighted by Crippen LogP contribution is 2.33. The van der Waals surface area contributed by atoms with E-state index in [2.05, 4.69) is 0 Å². The van der Waals surface area contributed by atoms with E-state index in [0.29, 0.717) is 25.2 Å². The van der Waals surface area contributed by atoms with E-state index in [-0.39, 0.29) is 11.7 Å². The Hall–Kier alpha value is -2.36. The third-order valence-electron chi connectivity index (χ3n) is 4.59. The lowest BCUT2D eigenvalue weighted by Crippen LogP contribution is -2.25. The van der Waals surface area contributed by atoms with Gasteiger partial charge in [-0.3, -0.25) is 4.79 Å². The number of rotatable bonds is 5. The standard InChI is InChI=1S/C19H19F4NO2/c20-16(12-24)3-1-2-13-4-6-14(7-5-13)18(25)26-17-10-8-15(9-11-17)19(21,22)23/h3,8-11,13-14H,1-2,4-7H2. The summed E-state index contributed by atoms with van der Waals surface area (Å²) in [6.45, 7) is 0. The first-order chi connectivity index (χ1) is 12.3. The van der Waals surface area contributed by atoms with Crippen LogP contribution in [-0.2, 0) is 11.0 Å². The van der Waals surface area contributed by atoms with Gasteiger partial charge in [0.05, 0.1) is 11.5 Å². The van der Waals surface area contributed by atoms with Crippen LogP contribution in [0, 0.1) is 23.2 Å². The Bertz CT molecular complexity index is 681. The van der Waals surface area contributed by atoms with Gasteiger partial charge >= 0.3 is 12.1 Å². The zero-order valence-electron chi connectivity index (χ0n) is 14.1. The second-order valence-electron chi connectivity index (χ2n) is 6.40. The number of benzene rings is 1. The summed E-state index contributed by atoms with van der Waals surface area (Å²) in [6.07, 6.45) is 0.963. The van der Waals surface area contributed by atoms with Crippen LogP contribution in [0.5, 0.6) is 5.75 Å². The van der Waals surface area contributed by atoms with Crippen LogP contribution in [0.1, 0.15) is 44.1 Å². The second kappa shape index (κ2) is 8.84. The Kier molecular flexibility index (Phi) is 6.78. The first-order valence-electron chi connectivity index (χ1n) is 8.44. The van der Waals surface area contributed by atoms with Crippen molar-refractivity contribution in [2.75, 3.05) is 0 Å². The fourth-order valence-electron chi connectivity index (χ4n) is 3.09. The predicted molar refractivity (Wildman–Crippen MR) is 86.6 cm³/mol. The lowest BCUT2D eigenvalue weighted by molar-refractivity contribution is -0.140. The van der Waals surface area contributed by atoms with E-state index < -0.39 is 23.5 Å². The molecular formula is C19H19F4NO2. The third kappa shape index (κ3) is 5.87. The van der Waals surface area contributed by atoms with Crippen LogP contribution in [0.25, 0.3) is 0 Å². The van der Waals surface area contributed by atoms with Gasteiger partial charge in [0, 0.05) is 0 Å². The molecular weight excluding hydrogens is 350 g/mol. The molecule has 140 valence electrons. The molecule has 0 radical (unpaired) electrons. The maximum absolute atomic E-state index is 12.7. The highest BCUT2D eigenvalue weighted by atomic mass is 19.4. The number of esters is 1. The summed E-state index contributed by atoms with van der Waals surface area (Å²) >= 11 is 0. The average molecular weight is 369 g/mol. The lowest BCUT2D eigenvalue weighted by atomic mass is 9.80. The minimum atomic E-state index is -4.42. The van der Waals surface area contributed by atoms with Crippen molar-refractivity contribution in [2.24, 2.45) is 11.8 Å². The van der Waals surface area contributed by atoms with Gasteiger partial charge in [-0.05, 0) is 74.8 Å². The van der Waals surface area contributed by atoms with E-state index in [1.165, 1.54) is 12.1 Å². The van der Waals surface area contributed by atoms with Gasteiger partial charge in [0.2, 0.25) is 0 Å². The van der Waals surface area contributed by atoms with Gasteiger partial charge in [-0.1, -0.05) is 0 Å². The number of carbonyl (C=O) groups excluding carboxylic acids is 1. The maximum atomic E-state index is 12.7. The number of ether oxygens (including phenoxy) is 1. The Balaban J connectivity index is 1.79. The first-order valence-corrected chi connectivity index (χ1v) is 8.44. The molecule has 3 nitrogen and oxygen atoms in total. The minimum Gasteiger partial charge on any atom is -0.426 e. The van der Waals surface area contributed by atoms with E-state index in [4.69, 9.17) is 10.00 Å². The van der Waals surface area contributed by atoms with Crippen LogP contribution in [0.2, 0.25) is 0 Å². The van der Waals surface area contributed by atoms with E-state index in [1.807, 2.05) is 0 Å². The molecule has 0 heterocycles. The van der Waals surface area contributed by atoms with Crippen LogP contribution in [0.15, 0.2) is 36.2 Å². The normalized spacial score (nSPS) is 21.1. The van der Waals surface area contributed by atoms with E-state index in [9.17, 15) is 22.4 Å².